The number of carbonyl (C=O) groups is 2. The van der Waals surface area contributed by atoms with Gasteiger partial charge >= 0.3 is 6.09 Å². The van der Waals surface area contributed by atoms with Crippen LogP contribution in [0.1, 0.15) is 18.9 Å². The largest absolute Gasteiger partial charge is 0.445 e. The van der Waals surface area contributed by atoms with E-state index in [9.17, 15) is 9.59 Å². The fourth-order valence-electron chi connectivity index (χ4n) is 2.38. The monoisotopic (exact) mass is 305 g/mol. The van der Waals surface area contributed by atoms with Crippen LogP contribution in [0, 0.1) is 5.92 Å². The van der Waals surface area contributed by atoms with Gasteiger partial charge in [-0.05, 0) is 24.8 Å². The molecule has 0 aromatic heterocycles. The van der Waals surface area contributed by atoms with E-state index in [0.29, 0.717) is 19.6 Å². The second-order valence-electron chi connectivity index (χ2n) is 5.67. The highest BCUT2D eigenvalue weighted by Gasteiger charge is 2.27. The lowest BCUT2D eigenvalue weighted by Gasteiger charge is -2.17. The van der Waals surface area contributed by atoms with Gasteiger partial charge in [0.15, 0.2) is 0 Å². The summed E-state index contributed by atoms with van der Waals surface area (Å²) in [6, 6.07) is 9.08. The van der Waals surface area contributed by atoms with Gasteiger partial charge in [0.25, 0.3) is 0 Å². The molecule has 1 fully saturated rings. The maximum absolute atomic E-state index is 12.0. The van der Waals surface area contributed by atoms with Crippen LogP contribution >= 0.6 is 0 Å². The van der Waals surface area contributed by atoms with E-state index in [1.54, 1.807) is 11.8 Å². The van der Waals surface area contributed by atoms with Gasteiger partial charge in [0, 0.05) is 19.6 Å². The average Bonchev–Trinajstić information content (AvgIpc) is 3.00. The number of rotatable bonds is 5. The Hall–Kier alpha value is -2.08. The van der Waals surface area contributed by atoms with Crippen molar-refractivity contribution >= 4 is 12.0 Å². The highest BCUT2D eigenvalue weighted by atomic mass is 16.6. The number of hydrogen-bond donors (Lipinski definition) is 2. The number of ether oxygens (including phenoxy) is 1. The normalized spacial score (nSPS) is 18.8. The lowest BCUT2D eigenvalue weighted by Crippen LogP contribution is -2.41. The summed E-state index contributed by atoms with van der Waals surface area (Å²) in [6.07, 6.45) is 0.560. The van der Waals surface area contributed by atoms with Gasteiger partial charge in [-0.15, -0.1) is 0 Å². The maximum atomic E-state index is 12.0. The molecule has 0 aliphatic carbocycles. The first-order chi connectivity index (χ1) is 10.6. The molecule has 22 heavy (non-hydrogen) atoms. The lowest BCUT2D eigenvalue weighted by atomic mass is 10.1. The molecule has 1 heterocycles. The van der Waals surface area contributed by atoms with Crippen LogP contribution in [0.25, 0.3) is 0 Å². The molecule has 2 amide bonds. The molecule has 1 aromatic carbocycles. The number of carbonyl (C=O) groups excluding carboxylic acids is 2. The van der Waals surface area contributed by atoms with Crippen molar-refractivity contribution in [2.24, 2.45) is 11.7 Å². The summed E-state index contributed by atoms with van der Waals surface area (Å²) < 4.78 is 5.30. The smallest absolute Gasteiger partial charge is 0.410 e. The first-order valence-corrected chi connectivity index (χ1v) is 7.55. The van der Waals surface area contributed by atoms with Crippen LogP contribution in [0.3, 0.4) is 0 Å². The van der Waals surface area contributed by atoms with Crippen molar-refractivity contribution < 1.29 is 14.3 Å². The Labute approximate surface area is 130 Å². The van der Waals surface area contributed by atoms with Crippen LogP contribution in [0.15, 0.2) is 30.3 Å². The molecule has 3 N–H and O–H groups in total. The summed E-state index contributed by atoms with van der Waals surface area (Å²) in [5.74, 6) is 0.0945. The highest BCUT2D eigenvalue weighted by molar-refractivity contribution is 5.80. The van der Waals surface area contributed by atoms with Crippen LogP contribution in [-0.4, -0.2) is 42.6 Å². The SMILES string of the molecule is C[C@H](N)C(=O)NC[C@@H]1CCN(C(=O)OCc2ccccc2)C1. The lowest BCUT2D eigenvalue weighted by molar-refractivity contribution is -0.122. The molecule has 1 saturated heterocycles. The van der Waals surface area contributed by atoms with E-state index in [2.05, 4.69) is 5.32 Å². The summed E-state index contributed by atoms with van der Waals surface area (Å²) in [4.78, 5) is 25.1. The van der Waals surface area contributed by atoms with E-state index in [0.717, 1.165) is 12.0 Å². The van der Waals surface area contributed by atoms with Gasteiger partial charge in [-0.2, -0.15) is 0 Å². The Balaban J connectivity index is 1.71. The van der Waals surface area contributed by atoms with E-state index in [-0.39, 0.29) is 24.5 Å². The van der Waals surface area contributed by atoms with Crippen molar-refractivity contribution in [1.29, 1.82) is 0 Å². The first kappa shape index (κ1) is 16.3. The van der Waals surface area contributed by atoms with Crippen LogP contribution in [-0.2, 0) is 16.1 Å². The molecule has 120 valence electrons. The van der Waals surface area contributed by atoms with Crippen LogP contribution in [0.4, 0.5) is 4.79 Å². The fourth-order valence-corrected chi connectivity index (χ4v) is 2.38. The molecular formula is C16H23N3O3. The van der Waals surface area contributed by atoms with Crippen molar-refractivity contribution in [3.8, 4) is 0 Å². The van der Waals surface area contributed by atoms with Gasteiger partial charge in [-0.25, -0.2) is 4.79 Å². The molecule has 1 aromatic rings. The van der Waals surface area contributed by atoms with Crippen LogP contribution < -0.4 is 11.1 Å². The molecule has 2 atom stereocenters. The standard InChI is InChI=1S/C16H23N3O3/c1-12(17)15(20)18-9-14-7-8-19(10-14)16(21)22-11-13-5-3-2-4-6-13/h2-6,12,14H,7-11,17H2,1H3,(H,18,20)/t12-,14-/m0/s1. The molecule has 1 aliphatic heterocycles. The van der Waals surface area contributed by atoms with Gasteiger partial charge in [-0.3, -0.25) is 4.79 Å². The molecule has 0 saturated carbocycles. The Morgan fingerprint density at radius 3 is 2.82 bits per heavy atom. The van der Waals surface area contributed by atoms with E-state index in [4.69, 9.17) is 10.5 Å². The average molecular weight is 305 g/mol. The summed E-state index contributed by atoms with van der Waals surface area (Å²) in [5, 5.41) is 2.80. The van der Waals surface area contributed by atoms with Gasteiger partial charge in [0.05, 0.1) is 6.04 Å². The molecule has 6 nitrogen and oxygen atoms in total. The van der Waals surface area contributed by atoms with E-state index < -0.39 is 6.04 Å². The van der Waals surface area contributed by atoms with Crippen molar-refractivity contribution in [1.82, 2.24) is 10.2 Å². The zero-order chi connectivity index (χ0) is 15.9. The Morgan fingerprint density at radius 2 is 2.14 bits per heavy atom. The predicted molar refractivity (Wildman–Crippen MR) is 83.0 cm³/mol. The number of benzene rings is 1. The molecule has 6 heteroatoms. The summed E-state index contributed by atoms with van der Waals surface area (Å²) in [7, 11) is 0. The van der Waals surface area contributed by atoms with Crippen molar-refractivity contribution in [3.63, 3.8) is 0 Å². The van der Waals surface area contributed by atoms with Gasteiger partial charge in [0.2, 0.25) is 5.91 Å². The number of likely N-dealkylation sites (tertiary alicyclic amines) is 1. The molecule has 0 unspecified atom stereocenters. The minimum Gasteiger partial charge on any atom is -0.445 e. The summed E-state index contributed by atoms with van der Waals surface area (Å²) in [6.45, 7) is 3.74. The number of amides is 2. The number of nitrogens with two attached hydrogens (primary N) is 1. The minimum atomic E-state index is -0.506. The topological polar surface area (TPSA) is 84.7 Å². The van der Waals surface area contributed by atoms with E-state index in [1.165, 1.54) is 0 Å². The molecule has 0 radical (unpaired) electrons. The molecule has 1 aliphatic rings. The summed E-state index contributed by atoms with van der Waals surface area (Å²) in [5.41, 5.74) is 6.46. The van der Waals surface area contributed by atoms with Gasteiger partial charge < -0.3 is 20.7 Å². The maximum Gasteiger partial charge on any atom is 0.410 e. The molecule has 0 bridgehead atoms. The fraction of sp³-hybridized carbons (Fsp3) is 0.500. The Bertz CT molecular complexity index is 505. The number of hydrogen-bond acceptors (Lipinski definition) is 4. The highest BCUT2D eigenvalue weighted by Crippen LogP contribution is 2.17. The Kier molecular flexibility index (Phi) is 5.77. The second kappa shape index (κ2) is 7.79. The van der Waals surface area contributed by atoms with Crippen molar-refractivity contribution in [3.05, 3.63) is 35.9 Å². The van der Waals surface area contributed by atoms with Crippen molar-refractivity contribution in [2.75, 3.05) is 19.6 Å². The molecule has 0 spiro atoms. The zero-order valence-electron chi connectivity index (χ0n) is 12.8. The van der Waals surface area contributed by atoms with Gasteiger partial charge in [0.1, 0.15) is 6.61 Å². The quantitative estimate of drug-likeness (QED) is 0.853. The third kappa shape index (κ3) is 4.73. The summed E-state index contributed by atoms with van der Waals surface area (Å²) >= 11 is 0. The minimum absolute atomic E-state index is 0.162. The van der Waals surface area contributed by atoms with Crippen molar-refractivity contribution in [2.45, 2.75) is 26.0 Å². The van der Waals surface area contributed by atoms with E-state index in [1.807, 2.05) is 30.3 Å². The third-order valence-electron chi connectivity index (χ3n) is 3.73. The van der Waals surface area contributed by atoms with Crippen LogP contribution in [0.2, 0.25) is 0 Å². The third-order valence-corrected chi connectivity index (χ3v) is 3.73. The molecular weight excluding hydrogens is 282 g/mol. The Morgan fingerprint density at radius 1 is 1.41 bits per heavy atom. The van der Waals surface area contributed by atoms with E-state index >= 15 is 0 Å². The van der Waals surface area contributed by atoms with Gasteiger partial charge in [-0.1, -0.05) is 30.3 Å². The number of nitrogens with one attached hydrogen (secondary N) is 1. The zero-order valence-corrected chi connectivity index (χ0v) is 12.8. The molecule has 2 rings (SSSR count). The second-order valence-corrected chi connectivity index (χ2v) is 5.67. The van der Waals surface area contributed by atoms with Crippen LogP contribution in [0.5, 0.6) is 0 Å². The first-order valence-electron chi connectivity index (χ1n) is 7.55. The predicted octanol–water partition coefficient (Wildman–Crippen LogP) is 1.11. The number of nitrogens with zero attached hydrogens (tertiary/aromatic N) is 1.